The molecule has 0 bridgehead atoms. The van der Waals surface area contributed by atoms with E-state index in [0.717, 1.165) is 0 Å². The normalized spacial score (nSPS) is 12.1. The van der Waals surface area contributed by atoms with Crippen molar-refractivity contribution in [2.24, 2.45) is 0 Å². The van der Waals surface area contributed by atoms with Crippen molar-refractivity contribution in [2.45, 2.75) is 13.0 Å². The minimum Gasteiger partial charge on any atom is -0.480 e. The van der Waals surface area contributed by atoms with Crippen molar-refractivity contribution in [3.05, 3.63) is 12.2 Å². The number of H-pyrrole nitrogens is 1. The number of nitrogens with one attached hydrogen (secondary N) is 2. The molecule has 1 amide bonds. The van der Waals surface area contributed by atoms with Gasteiger partial charge in [-0.3, -0.25) is 14.7 Å². The van der Waals surface area contributed by atoms with E-state index in [1.54, 1.807) is 0 Å². The van der Waals surface area contributed by atoms with Crippen LogP contribution in [0.2, 0.25) is 0 Å². The smallest absolute Gasteiger partial charge is 0.325 e. The lowest BCUT2D eigenvalue weighted by Gasteiger charge is -2.06. The van der Waals surface area contributed by atoms with E-state index in [1.807, 2.05) is 0 Å². The summed E-state index contributed by atoms with van der Waals surface area (Å²) in [5, 5.41) is 16.4. The van der Waals surface area contributed by atoms with E-state index in [2.05, 4.69) is 20.5 Å². The molecule has 1 aromatic rings. The van der Waals surface area contributed by atoms with Gasteiger partial charge >= 0.3 is 5.97 Å². The Bertz CT molecular complexity index is 308. The van der Waals surface area contributed by atoms with Gasteiger partial charge in [0.05, 0.1) is 0 Å². The van der Waals surface area contributed by atoms with Gasteiger partial charge in [0.25, 0.3) is 5.91 Å². The maximum atomic E-state index is 11.1. The van der Waals surface area contributed by atoms with E-state index in [0.29, 0.717) is 0 Å². The van der Waals surface area contributed by atoms with Crippen molar-refractivity contribution in [1.29, 1.82) is 0 Å². The average Bonchev–Trinajstić information content (AvgIpc) is 2.55. The molecular weight excluding hydrogens is 176 g/mol. The molecule has 0 saturated carbocycles. The summed E-state index contributed by atoms with van der Waals surface area (Å²) >= 11 is 0. The predicted octanol–water partition coefficient (Wildman–Crippen LogP) is -0.992. The average molecular weight is 184 g/mol. The minimum atomic E-state index is -1.10. The molecule has 3 N–H and O–H groups in total. The Morgan fingerprint density at radius 1 is 1.69 bits per heavy atom. The van der Waals surface area contributed by atoms with Crippen LogP contribution in [0.1, 0.15) is 17.5 Å². The Morgan fingerprint density at radius 2 is 2.38 bits per heavy atom. The molecule has 0 radical (unpaired) electrons. The lowest BCUT2D eigenvalue weighted by atomic mass is 10.3. The topological polar surface area (TPSA) is 108 Å². The maximum Gasteiger partial charge on any atom is 0.325 e. The van der Waals surface area contributed by atoms with Gasteiger partial charge in [0.2, 0.25) is 5.82 Å². The van der Waals surface area contributed by atoms with E-state index in [-0.39, 0.29) is 5.82 Å². The van der Waals surface area contributed by atoms with Crippen LogP contribution in [-0.2, 0) is 4.79 Å². The molecule has 70 valence electrons. The maximum absolute atomic E-state index is 11.1. The van der Waals surface area contributed by atoms with Gasteiger partial charge in [0, 0.05) is 0 Å². The first-order chi connectivity index (χ1) is 6.11. The molecule has 0 aromatic carbocycles. The Kier molecular flexibility index (Phi) is 2.58. The summed E-state index contributed by atoms with van der Waals surface area (Å²) in [6, 6.07) is -0.947. The van der Waals surface area contributed by atoms with Crippen LogP contribution in [0.15, 0.2) is 6.33 Å². The number of aromatic amines is 1. The standard InChI is InChI=1S/C6H8N4O3/c1-3(6(12)13)9-5(11)4-7-2-8-10-4/h2-3H,1H3,(H,9,11)(H,12,13)(H,7,8,10)/t3-/m1/s1. The van der Waals surface area contributed by atoms with Gasteiger partial charge in [-0.25, -0.2) is 4.98 Å². The molecule has 0 aliphatic rings. The predicted molar refractivity (Wildman–Crippen MR) is 40.9 cm³/mol. The van der Waals surface area contributed by atoms with Crippen LogP contribution in [0.4, 0.5) is 0 Å². The SMILES string of the molecule is C[C@@H](NC(=O)c1ncn[nH]1)C(=O)O. The summed E-state index contributed by atoms with van der Waals surface area (Å²) in [4.78, 5) is 25.0. The highest BCUT2D eigenvalue weighted by molar-refractivity contribution is 5.93. The number of aromatic nitrogens is 3. The fourth-order valence-electron chi connectivity index (χ4n) is 0.642. The van der Waals surface area contributed by atoms with Crippen LogP contribution in [0.3, 0.4) is 0 Å². The Balaban J connectivity index is 2.56. The number of hydrogen-bond donors (Lipinski definition) is 3. The summed E-state index contributed by atoms with van der Waals surface area (Å²) in [6.07, 6.45) is 1.17. The second-order valence-corrected chi connectivity index (χ2v) is 2.37. The number of carboxylic acid groups (broad SMARTS) is 1. The third kappa shape index (κ3) is 2.26. The monoisotopic (exact) mass is 184 g/mol. The number of carboxylic acids is 1. The highest BCUT2D eigenvalue weighted by atomic mass is 16.4. The summed E-state index contributed by atoms with van der Waals surface area (Å²) in [5.74, 6) is -1.70. The highest BCUT2D eigenvalue weighted by Gasteiger charge is 2.16. The van der Waals surface area contributed by atoms with Gasteiger partial charge in [-0.2, -0.15) is 5.10 Å². The first-order valence-corrected chi connectivity index (χ1v) is 3.50. The fraction of sp³-hybridized carbons (Fsp3) is 0.333. The van der Waals surface area contributed by atoms with E-state index < -0.39 is 17.9 Å². The van der Waals surface area contributed by atoms with Crippen molar-refractivity contribution in [2.75, 3.05) is 0 Å². The fourth-order valence-corrected chi connectivity index (χ4v) is 0.642. The molecule has 0 aliphatic heterocycles. The van der Waals surface area contributed by atoms with Crippen molar-refractivity contribution >= 4 is 11.9 Å². The minimum absolute atomic E-state index is 0.00639. The zero-order valence-electron chi connectivity index (χ0n) is 6.81. The lowest BCUT2D eigenvalue weighted by molar-refractivity contribution is -0.138. The van der Waals surface area contributed by atoms with Crippen molar-refractivity contribution < 1.29 is 14.7 Å². The quantitative estimate of drug-likeness (QED) is 0.558. The van der Waals surface area contributed by atoms with E-state index >= 15 is 0 Å². The number of amides is 1. The van der Waals surface area contributed by atoms with Crippen LogP contribution < -0.4 is 5.32 Å². The molecule has 13 heavy (non-hydrogen) atoms. The lowest BCUT2D eigenvalue weighted by Crippen LogP contribution is -2.38. The zero-order chi connectivity index (χ0) is 9.84. The second kappa shape index (κ2) is 3.65. The molecule has 1 rings (SSSR count). The molecule has 1 aromatic heterocycles. The molecular formula is C6H8N4O3. The molecule has 0 unspecified atom stereocenters. The van der Waals surface area contributed by atoms with Gasteiger partial charge in [-0.1, -0.05) is 0 Å². The third-order valence-electron chi connectivity index (χ3n) is 1.35. The second-order valence-electron chi connectivity index (χ2n) is 2.37. The summed E-state index contributed by atoms with van der Waals surface area (Å²) in [6.45, 7) is 1.36. The van der Waals surface area contributed by atoms with Crippen molar-refractivity contribution in [3.8, 4) is 0 Å². The Hall–Kier alpha value is -1.92. The van der Waals surface area contributed by atoms with Crippen LogP contribution in [0.5, 0.6) is 0 Å². The van der Waals surface area contributed by atoms with Gasteiger partial charge < -0.3 is 10.4 Å². The van der Waals surface area contributed by atoms with Crippen molar-refractivity contribution in [3.63, 3.8) is 0 Å². The number of rotatable bonds is 3. The van der Waals surface area contributed by atoms with Gasteiger partial charge in [-0.05, 0) is 6.92 Å². The number of carbonyl (C=O) groups is 2. The molecule has 0 spiro atoms. The van der Waals surface area contributed by atoms with E-state index in [9.17, 15) is 9.59 Å². The molecule has 7 nitrogen and oxygen atoms in total. The van der Waals surface area contributed by atoms with E-state index in [1.165, 1.54) is 13.3 Å². The molecule has 1 atom stereocenters. The highest BCUT2D eigenvalue weighted by Crippen LogP contribution is 1.88. The van der Waals surface area contributed by atoms with E-state index in [4.69, 9.17) is 5.11 Å². The number of hydrogen-bond acceptors (Lipinski definition) is 4. The van der Waals surface area contributed by atoms with Crippen LogP contribution in [0.25, 0.3) is 0 Å². The Morgan fingerprint density at radius 3 is 2.85 bits per heavy atom. The van der Waals surface area contributed by atoms with Crippen LogP contribution in [0, 0.1) is 0 Å². The summed E-state index contributed by atoms with van der Waals surface area (Å²) < 4.78 is 0. The zero-order valence-corrected chi connectivity index (χ0v) is 6.81. The Labute approximate surface area is 73.2 Å². The molecule has 0 saturated heterocycles. The number of aliphatic carboxylic acids is 1. The van der Waals surface area contributed by atoms with Gasteiger partial charge in [-0.15, -0.1) is 0 Å². The number of nitrogens with zero attached hydrogens (tertiary/aromatic N) is 2. The van der Waals surface area contributed by atoms with Crippen LogP contribution in [-0.4, -0.2) is 38.2 Å². The van der Waals surface area contributed by atoms with Crippen LogP contribution >= 0.6 is 0 Å². The summed E-state index contributed by atoms with van der Waals surface area (Å²) in [7, 11) is 0. The number of carbonyl (C=O) groups excluding carboxylic acids is 1. The molecule has 0 fully saturated rings. The first kappa shape index (κ1) is 9.17. The van der Waals surface area contributed by atoms with Gasteiger partial charge in [0.15, 0.2) is 0 Å². The van der Waals surface area contributed by atoms with Gasteiger partial charge in [0.1, 0.15) is 12.4 Å². The molecule has 7 heteroatoms. The summed E-state index contributed by atoms with van der Waals surface area (Å²) in [5.41, 5.74) is 0. The largest absolute Gasteiger partial charge is 0.480 e. The molecule has 0 aliphatic carbocycles. The first-order valence-electron chi connectivity index (χ1n) is 3.50. The third-order valence-corrected chi connectivity index (χ3v) is 1.35. The van der Waals surface area contributed by atoms with Crippen molar-refractivity contribution in [1.82, 2.24) is 20.5 Å². The molecule has 1 heterocycles.